The van der Waals surface area contributed by atoms with Gasteiger partial charge in [0.1, 0.15) is 5.78 Å². The number of fused-ring (bicyclic) bond motifs is 2. The van der Waals surface area contributed by atoms with Gasteiger partial charge in [0.25, 0.3) is 0 Å². The molecule has 4 atom stereocenters. The second-order valence-electron chi connectivity index (χ2n) is 7.54. The Morgan fingerprint density at radius 3 is 2.41 bits per heavy atom. The standard InChI is InChI=1S/C16H26O/c1-15(2)11-8-9-16(15,3)13(10-11)12-6-4-5-7-14(12)17/h11-13H,4-10H2,1-3H3/t11-,12+,13+,16-/m0/s1. The second kappa shape index (κ2) is 3.59. The molecule has 3 fully saturated rings. The van der Waals surface area contributed by atoms with Crippen LogP contribution in [0.1, 0.15) is 65.7 Å². The summed E-state index contributed by atoms with van der Waals surface area (Å²) in [6.07, 6.45) is 8.57. The molecule has 0 N–H and O–H groups in total. The molecule has 0 radical (unpaired) electrons. The minimum atomic E-state index is 0.415. The van der Waals surface area contributed by atoms with Gasteiger partial charge in [0, 0.05) is 12.3 Å². The lowest BCUT2D eigenvalue weighted by Crippen LogP contribution is -2.39. The molecule has 0 saturated heterocycles. The predicted octanol–water partition coefficient (Wildman–Crippen LogP) is 4.21. The lowest BCUT2D eigenvalue weighted by Gasteiger charge is -2.43. The highest BCUT2D eigenvalue weighted by molar-refractivity contribution is 5.82. The zero-order valence-corrected chi connectivity index (χ0v) is 11.6. The third-order valence-electron chi connectivity index (χ3n) is 6.95. The van der Waals surface area contributed by atoms with Crippen LogP contribution in [0, 0.1) is 28.6 Å². The molecule has 3 aliphatic carbocycles. The molecular formula is C16H26O. The molecule has 0 spiro atoms. The van der Waals surface area contributed by atoms with E-state index in [1.54, 1.807) is 0 Å². The molecular weight excluding hydrogens is 208 g/mol. The van der Waals surface area contributed by atoms with Crippen molar-refractivity contribution in [2.45, 2.75) is 65.7 Å². The fourth-order valence-electron chi connectivity index (χ4n) is 5.31. The first kappa shape index (κ1) is 11.7. The van der Waals surface area contributed by atoms with Gasteiger partial charge in [-0.25, -0.2) is 0 Å². The SMILES string of the molecule is CC1(C)[C@H]2CC[C@@]1(C)[C@@H]([C@H]1CCCCC1=O)C2. The van der Waals surface area contributed by atoms with Gasteiger partial charge in [-0.3, -0.25) is 4.79 Å². The van der Waals surface area contributed by atoms with Crippen LogP contribution in [0.15, 0.2) is 0 Å². The topological polar surface area (TPSA) is 17.1 Å². The number of carbonyl (C=O) groups excluding carboxylic acids is 1. The van der Waals surface area contributed by atoms with E-state index in [-0.39, 0.29) is 0 Å². The van der Waals surface area contributed by atoms with Gasteiger partial charge in [0.05, 0.1) is 0 Å². The molecule has 0 aromatic heterocycles. The molecule has 1 nitrogen and oxygen atoms in total. The summed E-state index contributed by atoms with van der Waals surface area (Å²) in [7, 11) is 0. The zero-order valence-electron chi connectivity index (χ0n) is 11.6. The van der Waals surface area contributed by atoms with E-state index in [0.29, 0.717) is 28.4 Å². The number of carbonyl (C=O) groups is 1. The third kappa shape index (κ3) is 1.40. The first-order valence-corrected chi connectivity index (χ1v) is 7.49. The van der Waals surface area contributed by atoms with Gasteiger partial charge in [-0.15, -0.1) is 0 Å². The second-order valence-corrected chi connectivity index (χ2v) is 7.54. The van der Waals surface area contributed by atoms with Crippen molar-refractivity contribution in [1.29, 1.82) is 0 Å². The summed E-state index contributed by atoms with van der Waals surface area (Å²) in [5, 5.41) is 0. The Balaban J connectivity index is 1.88. The summed E-state index contributed by atoms with van der Waals surface area (Å²) in [6, 6.07) is 0. The van der Waals surface area contributed by atoms with E-state index in [0.717, 1.165) is 18.8 Å². The summed E-state index contributed by atoms with van der Waals surface area (Å²) < 4.78 is 0. The largest absolute Gasteiger partial charge is 0.299 e. The summed E-state index contributed by atoms with van der Waals surface area (Å²) in [6.45, 7) is 7.39. The molecule has 96 valence electrons. The van der Waals surface area contributed by atoms with E-state index in [2.05, 4.69) is 20.8 Å². The fourth-order valence-corrected chi connectivity index (χ4v) is 5.31. The summed E-state index contributed by atoms with van der Waals surface area (Å²) in [4.78, 5) is 12.2. The Morgan fingerprint density at radius 1 is 1.12 bits per heavy atom. The quantitative estimate of drug-likeness (QED) is 0.664. The first-order valence-electron chi connectivity index (χ1n) is 7.49. The van der Waals surface area contributed by atoms with Crippen LogP contribution in [-0.2, 0) is 4.79 Å². The van der Waals surface area contributed by atoms with Crippen molar-refractivity contribution >= 4 is 5.78 Å². The lowest BCUT2D eigenvalue weighted by atomic mass is 9.61. The highest BCUT2D eigenvalue weighted by Crippen LogP contribution is 2.70. The molecule has 0 aliphatic heterocycles. The van der Waals surface area contributed by atoms with Gasteiger partial charge in [-0.05, 0) is 54.8 Å². The fraction of sp³-hybridized carbons (Fsp3) is 0.938. The third-order valence-corrected chi connectivity index (χ3v) is 6.95. The number of hydrogen-bond acceptors (Lipinski definition) is 1. The van der Waals surface area contributed by atoms with E-state index in [9.17, 15) is 4.79 Å². The van der Waals surface area contributed by atoms with Gasteiger partial charge < -0.3 is 0 Å². The molecule has 0 amide bonds. The number of ketones is 1. The molecule has 1 heteroatoms. The minimum absolute atomic E-state index is 0.415. The van der Waals surface area contributed by atoms with E-state index in [1.807, 2.05) is 0 Å². The van der Waals surface area contributed by atoms with Crippen LogP contribution in [0.2, 0.25) is 0 Å². The first-order chi connectivity index (χ1) is 7.97. The molecule has 3 aliphatic rings. The average Bonchev–Trinajstić information content (AvgIpc) is 2.62. The maximum atomic E-state index is 12.2. The van der Waals surface area contributed by atoms with Gasteiger partial charge >= 0.3 is 0 Å². The lowest BCUT2D eigenvalue weighted by molar-refractivity contribution is -0.128. The highest BCUT2D eigenvalue weighted by Gasteiger charge is 2.63. The van der Waals surface area contributed by atoms with Gasteiger partial charge in [0.2, 0.25) is 0 Å². The Morgan fingerprint density at radius 2 is 1.88 bits per heavy atom. The maximum Gasteiger partial charge on any atom is 0.136 e. The van der Waals surface area contributed by atoms with E-state index >= 15 is 0 Å². The van der Waals surface area contributed by atoms with Crippen molar-refractivity contribution in [2.24, 2.45) is 28.6 Å². The minimum Gasteiger partial charge on any atom is -0.299 e. The molecule has 0 aromatic rings. The Hall–Kier alpha value is -0.330. The van der Waals surface area contributed by atoms with Crippen molar-refractivity contribution < 1.29 is 4.79 Å². The van der Waals surface area contributed by atoms with E-state index in [1.165, 1.54) is 32.1 Å². The normalized spacial score (nSPS) is 48.6. The van der Waals surface area contributed by atoms with Crippen molar-refractivity contribution in [3.63, 3.8) is 0 Å². The smallest absolute Gasteiger partial charge is 0.136 e. The summed E-state index contributed by atoms with van der Waals surface area (Å²) in [5.74, 6) is 2.58. The summed E-state index contributed by atoms with van der Waals surface area (Å²) >= 11 is 0. The van der Waals surface area contributed by atoms with Gasteiger partial charge in [0.15, 0.2) is 0 Å². The molecule has 3 rings (SSSR count). The monoisotopic (exact) mass is 234 g/mol. The predicted molar refractivity (Wildman–Crippen MR) is 69.7 cm³/mol. The Kier molecular flexibility index (Phi) is 2.48. The number of rotatable bonds is 1. The van der Waals surface area contributed by atoms with E-state index in [4.69, 9.17) is 0 Å². The Labute approximate surface area is 105 Å². The number of hydrogen-bond donors (Lipinski definition) is 0. The maximum absolute atomic E-state index is 12.2. The van der Waals surface area contributed by atoms with Crippen molar-refractivity contribution in [2.75, 3.05) is 0 Å². The van der Waals surface area contributed by atoms with Crippen LogP contribution in [0.5, 0.6) is 0 Å². The van der Waals surface area contributed by atoms with Gasteiger partial charge in [-0.1, -0.05) is 27.2 Å². The van der Waals surface area contributed by atoms with Crippen LogP contribution in [-0.4, -0.2) is 5.78 Å². The molecule has 0 aromatic carbocycles. The molecule has 2 bridgehead atoms. The molecule has 0 unspecified atom stereocenters. The van der Waals surface area contributed by atoms with E-state index < -0.39 is 0 Å². The van der Waals surface area contributed by atoms with Crippen LogP contribution < -0.4 is 0 Å². The Bertz CT molecular complexity index is 343. The van der Waals surface area contributed by atoms with Crippen LogP contribution in [0.3, 0.4) is 0 Å². The molecule has 3 saturated carbocycles. The summed E-state index contributed by atoms with van der Waals surface area (Å²) in [5.41, 5.74) is 0.907. The van der Waals surface area contributed by atoms with Crippen molar-refractivity contribution in [3.05, 3.63) is 0 Å². The number of Topliss-reactive ketones (excluding diaryl/α,β-unsaturated/α-hetero) is 1. The molecule has 0 heterocycles. The van der Waals surface area contributed by atoms with Crippen molar-refractivity contribution in [3.8, 4) is 0 Å². The highest BCUT2D eigenvalue weighted by atomic mass is 16.1. The van der Waals surface area contributed by atoms with Crippen LogP contribution >= 0.6 is 0 Å². The van der Waals surface area contributed by atoms with Crippen molar-refractivity contribution in [1.82, 2.24) is 0 Å². The zero-order chi connectivity index (χ0) is 12.3. The van der Waals surface area contributed by atoms with Crippen LogP contribution in [0.4, 0.5) is 0 Å². The van der Waals surface area contributed by atoms with Gasteiger partial charge in [-0.2, -0.15) is 0 Å². The molecule has 17 heavy (non-hydrogen) atoms. The van der Waals surface area contributed by atoms with Crippen LogP contribution in [0.25, 0.3) is 0 Å². The average molecular weight is 234 g/mol.